The Bertz CT molecular complexity index is 449. The van der Waals surface area contributed by atoms with Gasteiger partial charge in [0.25, 0.3) is 0 Å². The molecule has 2 fully saturated rings. The van der Waals surface area contributed by atoms with Gasteiger partial charge in [0.2, 0.25) is 5.91 Å². The fraction of sp³-hybridized carbons (Fsp3) is 0.533. The van der Waals surface area contributed by atoms with E-state index < -0.39 is 0 Å². The van der Waals surface area contributed by atoms with Crippen LogP contribution in [0.25, 0.3) is 0 Å². The predicted molar refractivity (Wildman–Crippen MR) is 74.1 cm³/mol. The van der Waals surface area contributed by atoms with Crippen LogP contribution in [-0.2, 0) is 9.53 Å². The average Bonchev–Trinajstić information content (AvgIpc) is 2.59. The first-order valence-electron chi connectivity index (χ1n) is 6.92. The maximum atomic E-state index is 12.7. The summed E-state index contributed by atoms with van der Waals surface area (Å²) in [4.78, 5) is 16.8. The van der Waals surface area contributed by atoms with Gasteiger partial charge < -0.3 is 14.5 Å². The summed E-state index contributed by atoms with van der Waals surface area (Å²) in [6.07, 6.45) is 0.948. The van der Waals surface area contributed by atoms with Gasteiger partial charge in [-0.25, -0.2) is 0 Å². The highest BCUT2D eigenvalue weighted by atomic mass is 16.5. The lowest BCUT2D eigenvalue weighted by Crippen LogP contribution is -2.48. The molecule has 2 saturated heterocycles. The van der Waals surface area contributed by atoms with Crippen LogP contribution < -0.4 is 4.90 Å². The van der Waals surface area contributed by atoms with E-state index in [-0.39, 0.29) is 17.9 Å². The number of anilines is 1. The van der Waals surface area contributed by atoms with Crippen LogP contribution >= 0.6 is 0 Å². The maximum absolute atomic E-state index is 12.7. The van der Waals surface area contributed by atoms with Gasteiger partial charge >= 0.3 is 0 Å². The van der Waals surface area contributed by atoms with Crippen molar-refractivity contribution in [2.75, 3.05) is 38.2 Å². The van der Waals surface area contributed by atoms with E-state index in [2.05, 4.69) is 11.9 Å². The van der Waals surface area contributed by atoms with Gasteiger partial charge in [-0.05, 0) is 32.1 Å². The first kappa shape index (κ1) is 12.6. The molecule has 1 aromatic rings. The molecule has 3 rings (SSSR count). The zero-order valence-electron chi connectivity index (χ0n) is 11.3. The Hall–Kier alpha value is -1.39. The molecule has 4 heteroatoms. The minimum Gasteiger partial charge on any atom is -0.374 e. The van der Waals surface area contributed by atoms with Crippen LogP contribution in [0.3, 0.4) is 0 Å². The number of rotatable bonds is 1. The third kappa shape index (κ3) is 2.51. The third-order valence-corrected chi connectivity index (χ3v) is 4.06. The molecule has 102 valence electrons. The summed E-state index contributed by atoms with van der Waals surface area (Å²) in [5.41, 5.74) is 0.982. The van der Waals surface area contributed by atoms with Crippen molar-refractivity contribution < 1.29 is 9.53 Å². The minimum absolute atomic E-state index is 0.0129. The lowest BCUT2D eigenvalue weighted by atomic mass is 9.92. The van der Waals surface area contributed by atoms with Crippen molar-refractivity contribution in [1.29, 1.82) is 0 Å². The molecule has 19 heavy (non-hydrogen) atoms. The van der Waals surface area contributed by atoms with Crippen molar-refractivity contribution in [3.63, 3.8) is 0 Å². The number of hydrogen-bond donors (Lipinski definition) is 0. The van der Waals surface area contributed by atoms with Crippen molar-refractivity contribution in [3.8, 4) is 0 Å². The molecule has 2 heterocycles. The van der Waals surface area contributed by atoms with E-state index in [9.17, 15) is 4.79 Å². The number of piperidine rings is 1. The summed E-state index contributed by atoms with van der Waals surface area (Å²) in [5.74, 6) is 0.237. The minimum atomic E-state index is 0.0129. The van der Waals surface area contributed by atoms with Crippen LogP contribution in [0.15, 0.2) is 30.3 Å². The lowest BCUT2D eigenvalue weighted by Gasteiger charge is -2.35. The molecule has 0 aliphatic carbocycles. The molecule has 0 unspecified atom stereocenters. The number of carbonyl (C=O) groups excluding carboxylic acids is 1. The number of benzene rings is 1. The Balaban J connectivity index is 1.83. The molecule has 0 radical (unpaired) electrons. The summed E-state index contributed by atoms with van der Waals surface area (Å²) in [7, 11) is 2.09. The first-order chi connectivity index (χ1) is 9.25. The molecule has 0 saturated carbocycles. The van der Waals surface area contributed by atoms with Crippen molar-refractivity contribution in [2.45, 2.75) is 12.5 Å². The van der Waals surface area contributed by atoms with Gasteiger partial charge in [0.05, 0.1) is 18.6 Å². The number of para-hydroxylation sites is 1. The second-order valence-corrected chi connectivity index (χ2v) is 5.39. The van der Waals surface area contributed by atoms with E-state index in [4.69, 9.17) is 4.74 Å². The molecule has 0 aromatic heterocycles. The number of ether oxygens (including phenoxy) is 1. The fourth-order valence-electron chi connectivity index (χ4n) is 2.99. The Morgan fingerprint density at radius 2 is 2.00 bits per heavy atom. The van der Waals surface area contributed by atoms with Crippen molar-refractivity contribution in [1.82, 2.24) is 4.90 Å². The van der Waals surface area contributed by atoms with Gasteiger partial charge in [0.1, 0.15) is 0 Å². The molecular formula is C15H20N2O2. The SMILES string of the molecule is CN1CC[C@H]2C(=O)N(c3ccccc3)CCO[C@H]2C1. The quantitative estimate of drug-likeness (QED) is 0.764. The number of amides is 1. The van der Waals surface area contributed by atoms with Crippen LogP contribution in [0.1, 0.15) is 6.42 Å². The molecule has 0 spiro atoms. The topological polar surface area (TPSA) is 32.8 Å². The molecule has 2 aliphatic rings. The summed E-state index contributed by atoms with van der Waals surface area (Å²) in [5, 5.41) is 0. The summed E-state index contributed by atoms with van der Waals surface area (Å²) >= 11 is 0. The summed E-state index contributed by atoms with van der Waals surface area (Å²) < 4.78 is 5.90. The van der Waals surface area contributed by atoms with E-state index in [1.807, 2.05) is 35.2 Å². The van der Waals surface area contributed by atoms with E-state index in [0.29, 0.717) is 13.2 Å². The molecule has 4 nitrogen and oxygen atoms in total. The van der Waals surface area contributed by atoms with Crippen LogP contribution in [-0.4, -0.2) is 50.2 Å². The van der Waals surface area contributed by atoms with E-state index in [0.717, 1.165) is 25.2 Å². The second kappa shape index (κ2) is 5.31. The molecule has 2 aliphatic heterocycles. The Kier molecular flexibility index (Phi) is 3.53. The van der Waals surface area contributed by atoms with E-state index >= 15 is 0 Å². The highest BCUT2D eigenvalue weighted by Crippen LogP contribution is 2.27. The maximum Gasteiger partial charge on any atom is 0.232 e. The molecule has 2 atom stereocenters. The largest absolute Gasteiger partial charge is 0.374 e. The number of carbonyl (C=O) groups is 1. The zero-order valence-corrected chi connectivity index (χ0v) is 11.3. The van der Waals surface area contributed by atoms with Crippen LogP contribution in [0.4, 0.5) is 5.69 Å². The van der Waals surface area contributed by atoms with Crippen LogP contribution in [0.5, 0.6) is 0 Å². The van der Waals surface area contributed by atoms with E-state index in [1.165, 1.54) is 0 Å². The third-order valence-electron chi connectivity index (χ3n) is 4.06. The smallest absolute Gasteiger partial charge is 0.232 e. The van der Waals surface area contributed by atoms with Gasteiger partial charge in [-0.15, -0.1) is 0 Å². The van der Waals surface area contributed by atoms with Gasteiger partial charge in [0, 0.05) is 18.8 Å². The number of nitrogens with zero attached hydrogens (tertiary/aromatic N) is 2. The standard InChI is InChI=1S/C15H20N2O2/c1-16-8-7-13-14(11-16)19-10-9-17(15(13)18)12-5-3-2-4-6-12/h2-6,13-14H,7-11H2,1H3/t13-,14+/m1/s1. The molecule has 0 bridgehead atoms. The van der Waals surface area contributed by atoms with Gasteiger partial charge in [0.15, 0.2) is 0 Å². The number of likely N-dealkylation sites (tertiary alicyclic amines) is 1. The normalized spacial score (nSPS) is 28.9. The Morgan fingerprint density at radius 1 is 1.21 bits per heavy atom. The van der Waals surface area contributed by atoms with Crippen molar-refractivity contribution >= 4 is 11.6 Å². The van der Waals surface area contributed by atoms with Crippen LogP contribution in [0, 0.1) is 5.92 Å². The number of fused-ring (bicyclic) bond motifs is 1. The molecule has 1 aromatic carbocycles. The summed E-state index contributed by atoms with van der Waals surface area (Å²) in [6.45, 7) is 3.10. The zero-order chi connectivity index (χ0) is 13.2. The van der Waals surface area contributed by atoms with Gasteiger partial charge in [-0.2, -0.15) is 0 Å². The fourth-order valence-corrected chi connectivity index (χ4v) is 2.99. The monoisotopic (exact) mass is 260 g/mol. The lowest BCUT2D eigenvalue weighted by molar-refractivity contribution is -0.128. The van der Waals surface area contributed by atoms with Crippen molar-refractivity contribution in [3.05, 3.63) is 30.3 Å². The average molecular weight is 260 g/mol. The van der Waals surface area contributed by atoms with Gasteiger partial charge in [-0.3, -0.25) is 4.79 Å². The summed E-state index contributed by atoms with van der Waals surface area (Å²) in [6, 6.07) is 9.90. The Morgan fingerprint density at radius 3 is 2.79 bits per heavy atom. The van der Waals surface area contributed by atoms with Crippen LogP contribution in [0.2, 0.25) is 0 Å². The number of hydrogen-bond acceptors (Lipinski definition) is 3. The Labute approximate surface area is 113 Å². The highest BCUT2D eigenvalue weighted by molar-refractivity contribution is 5.95. The number of likely N-dealkylation sites (N-methyl/N-ethyl adjacent to an activating group) is 1. The predicted octanol–water partition coefficient (Wildman–Crippen LogP) is 1.37. The van der Waals surface area contributed by atoms with Crippen molar-refractivity contribution in [2.24, 2.45) is 5.92 Å². The molecule has 0 N–H and O–H groups in total. The first-order valence-corrected chi connectivity index (χ1v) is 6.92. The second-order valence-electron chi connectivity index (χ2n) is 5.39. The van der Waals surface area contributed by atoms with Gasteiger partial charge in [-0.1, -0.05) is 18.2 Å². The molecular weight excluding hydrogens is 240 g/mol. The van der Waals surface area contributed by atoms with E-state index in [1.54, 1.807) is 0 Å². The molecule has 1 amide bonds. The highest BCUT2D eigenvalue weighted by Gasteiger charge is 2.38.